The van der Waals surface area contributed by atoms with E-state index in [0.717, 1.165) is 44.5 Å². The van der Waals surface area contributed by atoms with E-state index in [1.54, 1.807) is 42.5 Å². The van der Waals surface area contributed by atoms with Crippen molar-refractivity contribution in [1.29, 1.82) is 10.5 Å². The van der Waals surface area contributed by atoms with Gasteiger partial charge in [0.1, 0.15) is 43.4 Å². The predicted molar refractivity (Wildman–Crippen MR) is 255 cm³/mol. The van der Waals surface area contributed by atoms with Crippen LogP contribution < -0.4 is 18.9 Å². The van der Waals surface area contributed by atoms with Crippen molar-refractivity contribution in [3.8, 4) is 52.1 Å². The van der Waals surface area contributed by atoms with Gasteiger partial charge in [-0.15, -0.1) is 0 Å². The molecule has 0 fully saturated rings. The molecule has 0 aliphatic carbocycles. The fraction of sp³-hybridized carbons (Fsp3) is 0.231. The summed E-state index contributed by atoms with van der Waals surface area (Å²) in [7, 11) is 3.80. The molecule has 0 atom stereocenters. The molecule has 0 aliphatic heterocycles. The van der Waals surface area contributed by atoms with E-state index in [1.807, 2.05) is 97.5 Å². The zero-order chi connectivity index (χ0) is 46.6. The van der Waals surface area contributed by atoms with Gasteiger partial charge in [0.25, 0.3) is 0 Å². The first-order chi connectivity index (χ1) is 32.1. The van der Waals surface area contributed by atoms with Crippen LogP contribution in [0.25, 0.3) is 22.0 Å². The van der Waals surface area contributed by atoms with Crippen molar-refractivity contribution >= 4 is 34.1 Å². The van der Waals surface area contributed by atoms with Crippen LogP contribution in [-0.4, -0.2) is 70.4 Å². The lowest BCUT2D eigenvalue weighted by atomic mass is 9.95. The molecule has 0 amide bonds. The predicted octanol–water partition coefficient (Wildman–Crippen LogP) is 10.0. The minimum atomic E-state index is -0.00186. The van der Waals surface area contributed by atoms with Crippen LogP contribution in [0, 0.1) is 29.6 Å². The Morgan fingerprint density at radius 2 is 1.12 bits per heavy atom. The summed E-state index contributed by atoms with van der Waals surface area (Å²) < 4.78 is 25.5. The van der Waals surface area contributed by atoms with Crippen LogP contribution >= 0.6 is 23.2 Å². The third-order valence-corrected chi connectivity index (χ3v) is 11.5. The van der Waals surface area contributed by atoms with E-state index in [9.17, 15) is 20.7 Å². The summed E-state index contributed by atoms with van der Waals surface area (Å²) in [5.74, 6) is 2.19. The number of hydrogen-bond donors (Lipinski definition) is 2. The van der Waals surface area contributed by atoms with Gasteiger partial charge in [-0.05, 0) is 91.3 Å². The van der Waals surface area contributed by atoms with Crippen molar-refractivity contribution in [2.75, 3.05) is 40.4 Å². The molecule has 336 valence electrons. The highest BCUT2D eigenvalue weighted by Gasteiger charge is 2.19. The summed E-state index contributed by atoms with van der Waals surface area (Å²) in [6.45, 7) is 4.55. The molecule has 0 aliphatic rings. The first-order valence-electron chi connectivity index (χ1n) is 21.2. The molecule has 0 bridgehead atoms. The van der Waals surface area contributed by atoms with Crippen molar-refractivity contribution in [1.82, 2.24) is 19.8 Å². The zero-order valence-electron chi connectivity index (χ0n) is 36.8. The molecule has 1 aromatic heterocycles. The number of nitriles is 2. The molecule has 66 heavy (non-hydrogen) atoms. The Morgan fingerprint density at radius 1 is 0.591 bits per heavy atom. The Hall–Kier alpha value is -6.74. The van der Waals surface area contributed by atoms with Gasteiger partial charge < -0.3 is 29.2 Å². The van der Waals surface area contributed by atoms with Crippen LogP contribution in [-0.2, 0) is 32.9 Å². The third-order valence-electron chi connectivity index (χ3n) is 10.9. The van der Waals surface area contributed by atoms with Gasteiger partial charge in [-0.1, -0.05) is 77.8 Å². The maximum Gasteiger partial charge on any atom is 0.230 e. The van der Waals surface area contributed by atoms with Gasteiger partial charge in [-0.3, -0.25) is 9.80 Å². The van der Waals surface area contributed by atoms with Gasteiger partial charge in [-0.25, -0.2) is 9.97 Å². The Balaban J connectivity index is 1.15. The quantitative estimate of drug-likeness (QED) is 0.0747. The van der Waals surface area contributed by atoms with Crippen LogP contribution in [0.15, 0.2) is 116 Å². The number of benzene rings is 6. The highest BCUT2D eigenvalue weighted by atomic mass is 35.5. The van der Waals surface area contributed by atoms with Crippen molar-refractivity contribution in [3.63, 3.8) is 0 Å². The maximum atomic E-state index is 9.55. The number of para-hydroxylation sites is 1. The van der Waals surface area contributed by atoms with E-state index in [1.165, 1.54) is 6.33 Å². The molecule has 12 nitrogen and oxygen atoms in total. The number of aliphatic hydroxyl groups excluding tert-OH is 2. The second kappa shape index (κ2) is 22.4. The summed E-state index contributed by atoms with van der Waals surface area (Å²) in [6, 6.07) is 37.8. The van der Waals surface area contributed by atoms with Gasteiger partial charge in [0.05, 0.1) is 57.4 Å². The molecule has 0 unspecified atom stereocenters. The number of aromatic nitrogens is 2. The number of ether oxygens (including phenoxy) is 4. The smallest absolute Gasteiger partial charge is 0.230 e. The Kier molecular flexibility index (Phi) is 16.1. The summed E-state index contributed by atoms with van der Waals surface area (Å²) in [5, 5.41) is 39.3. The van der Waals surface area contributed by atoms with E-state index in [2.05, 4.69) is 17.1 Å². The van der Waals surface area contributed by atoms with Crippen molar-refractivity contribution in [3.05, 3.63) is 170 Å². The summed E-state index contributed by atoms with van der Waals surface area (Å²) >= 11 is 13.7. The molecule has 1 heterocycles. The summed E-state index contributed by atoms with van der Waals surface area (Å²) in [6.07, 6.45) is 1.46. The average molecular weight is 924 g/mol. The molecule has 14 heteroatoms. The highest BCUT2D eigenvalue weighted by Crippen LogP contribution is 2.40. The SMILES string of the molecule is Cc1c(COc2cc(OCc3cccc(C#N)c3)c(CN(C)CCO)cc2Cl)cccc1-c1cccc2c(Oc3cc(OCc4cccc(C#N)c4)c(CN(C)CCO)cc3Cl)ncnc12. The Bertz CT molecular complexity index is 2920. The van der Waals surface area contributed by atoms with Gasteiger partial charge in [0.15, 0.2) is 5.75 Å². The van der Waals surface area contributed by atoms with E-state index >= 15 is 0 Å². The number of halogens is 2. The molecule has 0 saturated carbocycles. The lowest BCUT2D eigenvalue weighted by Crippen LogP contribution is -2.22. The normalized spacial score (nSPS) is 11.1. The molecule has 0 saturated heterocycles. The number of fused-ring (bicyclic) bond motifs is 1. The van der Waals surface area contributed by atoms with Crippen LogP contribution in [0.4, 0.5) is 0 Å². The van der Waals surface area contributed by atoms with Crippen LogP contribution in [0.2, 0.25) is 10.0 Å². The molecule has 6 aromatic carbocycles. The number of nitrogens with zero attached hydrogens (tertiary/aromatic N) is 6. The number of aliphatic hydroxyl groups is 2. The highest BCUT2D eigenvalue weighted by molar-refractivity contribution is 6.32. The fourth-order valence-corrected chi connectivity index (χ4v) is 7.94. The monoisotopic (exact) mass is 922 g/mol. The van der Waals surface area contributed by atoms with Crippen molar-refractivity contribution in [2.24, 2.45) is 0 Å². The van der Waals surface area contributed by atoms with Gasteiger partial charge >= 0.3 is 0 Å². The van der Waals surface area contributed by atoms with Gasteiger partial charge in [0.2, 0.25) is 5.88 Å². The van der Waals surface area contributed by atoms with E-state index in [-0.39, 0.29) is 33.0 Å². The van der Waals surface area contributed by atoms with E-state index in [0.29, 0.717) is 87.1 Å². The topological polar surface area (TPSA) is 157 Å². The largest absolute Gasteiger partial charge is 0.488 e. The minimum Gasteiger partial charge on any atom is -0.488 e. The molecule has 2 N–H and O–H groups in total. The van der Waals surface area contributed by atoms with Crippen LogP contribution in [0.1, 0.15) is 44.5 Å². The van der Waals surface area contributed by atoms with Crippen LogP contribution in [0.5, 0.6) is 28.9 Å². The minimum absolute atomic E-state index is 0.00186. The van der Waals surface area contributed by atoms with Crippen LogP contribution in [0.3, 0.4) is 0 Å². The second-order valence-corrected chi connectivity index (χ2v) is 16.6. The number of rotatable bonds is 20. The molecule has 7 aromatic rings. The number of likely N-dealkylation sites (N-methyl/N-ethyl adjacent to an activating group) is 2. The standard InChI is InChI=1S/C52H48Cl2N6O6/c1-34-39(32-65-49-24-47(40(22-45(49)53)28-59(2)16-18-61)63-30-37-10-4-8-35(20-37)26-55)12-6-13-42(34)43-14-7-15-44-51(43)57-33-58-52(44)66-50-25-48(41(23-46(50)54)29-60(3)17-19-62)64-31-38-11-5-9-36(21-38)27-56/h4-15,20-25,33,61-62H,16-19,28-32H2,1-3H3. The Morgan fingerprint density at radius 3 is 1.71 bits per heavy atom. The van der Waals surface area contributed by atoms with E-state index in [4.69, 9.17) is 47.1 Å². The summed E-state index contributed by atoms with van der Waals surface area (Å²) in [5.41, 5.74) is 8.75. The zero-order valence-corrected chi connectivity index (χ0v) is 38.3. The van der Waals surface area contributed by atoms with Crippen molar-refractivity contribution < 1.29 is 29.2 Å². The first-order valence-corrected chi connectivity index (χ1v) is 21.9. The Labute approximate surface area is 394 Å². The first kappa shape index (κ1) is 47.2. The van der Waals surface area contributed by atoms with Crippen molar-refractivity contribution in [2.45, 2.75) is 39.8 Å². The third kappa shape index (κ3) is 11.7. The number of hydrogen-bond acceptors (Lipinski definition) is 12. The molecule has 7 rings (SSSR count). The molecule has 0 spiro atoms. The summed E-state index contributed by atoms with van der Waals surface area (Å²) in [4.78, 5) is 13.2. The lowest BCUT2D eigenvalue weighted by Gasteiger charge is -2.20. The fourth-order valence-electron chi connectivity index (χ4n) is 7.47. The molecule has 0 radical (unpaired) electrons. The molecular formula is C52H48Cl2N6O6. The second-order valence-electron chi connectivity index (χ2n) is 15.8. The van der Waals surface area contributed by atoms with Gasteiger partial charge in [-0.2, -0.15) is 10.5 Å². The average Bonchev–Trinajstić information content (AvgIpc) is 3.32. The van der Waals surface area contributed by atoms with E-state index < -0.39 is 0 Å². The maximum absolute atomic E-state index is 9.55. The van der Waals surface area contributed by atoms with Gasteiger partial charge in [0, 0.05) is 55.0 Å². The lowest BCUT2D eigenvalue weighted by molar-refractivity contribution is 0.213. The molecular weight excluding hydrogens is 876 g/mol.